The molecule has 2 atom stereocenters. The number of rotatable bonds is 1. The monoisotopic (exact) mass is 216 g/mol. The lowest BCUT2D eigenvalue weighted by Crippen LogP contribution is -2.37. The molecule has 2 heteroatoms. The van der Waals surface area contributed by atoms with Crippen LogP contribution in [0.15, 0.2) is 28.8 Å². The molecule has 16 heavy (non-hydrogen) atoms. The van der Waals surface area contributed by atoms with E-state index in [1.807, 2.05) is 0 Å². The van der Waals surface area contributed by atoms with Crippen molar-refractivity contribution in [2.45, 2.75) is 50.6 Å². The normalized spacial score (nSPS) is 33.4. The summed E-state index contributed by atoms with van der Waals surface area (Å²) in [5, 5.41) is 0. The Bertz CT molecular complexity index is 365. The zero-order valence-electron chi connectivity index (χ0n) is 10.0. The van der Waals surface area contributed by atoms with E-state index in [2.05, 4.69) is 30.2 Å². The third-order valence-electron chi connectivity index (χ3n) is 4.04. The average molecular weight is 216 g/mol. The molecule has 2 aliphatic carbocycles. The molecule has 0 amide bonds. The van der Waals surface area contributed by atoms with Gasteiger partial charge in [0.2, 0.25) is 0 Å². The zero-order chi connectivity index (χ0) is 11.0. The molecule has 1 heterocycles. The maximum Gasteiger partial charge on any atom is 0.127 e. The Balaban J connectivity index is 1.86. The number of nitrogens with zero attached hydrogens (tertiary/aromatic N) is 2. The van der Waals surface area contributed by atoms with Gasteiger partial charge in [0.1, 0.15) is 5.84 Å². The highest BCUT2D eigenvalue weighted by Gasteiger charge is 2.34. The van der Waals surface area contributed by atoms with Gasteiger partial charge in [-0.15, -0.1) is 0 Å². The van der Waals surface area contributed by atoms with E-state index in [4.69, 9.17) is 4.99 Å². The standard InChI is InChI=1S/C14H20N2/c1-16-13-10-6-5-9-12(13)15-14(16)11-7-3-2-4-8-11/h5,7,9,12-13H,2-4,6,8,10H2,1H3. The molecule has 0 saturated carbocycles. The lowest BCUT2D eigenvalue weighted by Gasteiger charge is -2.28. The van der Waals surface area contributed by atoms with Crippen LogP contribution in [0.2, 0.25) is 0 Å². The van der Waals surface area contributed by atoms with Gasteiger partial charge in [-0.2, -0.15) is 0 Å². The van der Waals surface area contributed by atoms with Gasteiger partial charge in [-0.25, -0.2) is 0 Å². The van der Waals surface area contributed by atoms with Crippen molar-refractivity contribution in [2.75, 3.05) is 7.05 Å². The maximum atomic E-state index is 4.90. The summed E-state index contributed by atoms with van der Waals surface area (Å²) in [6, 6.07) is 1.06. The van der Waals surface area contributed by atoms with E-state index in [9.17, 15) is 0 Å². The largest absolute Gasteiger partial charge is 0.354 e. The Morgan fingerprint density at radius 2 is 2.25 bits per heavy atom. The summed E-state index contributed by atoms with van der Waals surface area (Å²) < 4.78 is 0. The van der Waals surface area contributed by atoms with Crippen molar-refractivity contribution in [1.82, 2.24) is 4.90 Å². The number of hydrogen-bond acceptors (Lipinski definition) is 2. The highest BCUT2D eigenvalue weighted by Crippen LogP contribution is 2.30. The van der Waals surface area contributed by atoms with E-state index in [0.29, 0.717) is 12.1 Å². The van der Waals surface area contributed by atoms with Gasteiger partial charge in [-0.3, -0.25) is 4.99 Å². The maximum absolute atomic E-state index is 4.90. The fourth-order valence-electron chi connectivity index (χ4n) is 3.09. The molecule has 0 aromatic rings. The third kappa shape index (κ3) is 1.60. The van der Waals surface area contributed by atoms with Gasteiger partial charge in [-0.05, 0) is 44.1 Å². The second-order valence-corrected chi connectivity index (χ2v) is 5.10. The van der Waals surface area contributed by atoms with Crippen LogP contribution in [0.3, 0.4) is 0 Å². The highest BCUT2D eigenvalue weighted by atomic mass is 15.3. The Labute approximate surface area is 97.7 Å². The van der Waals surface area contributed by atoms with E-state index in [1.54, 1.807) is 0 Å². The predicted molar refractivity (Wildman–Crippen MR) is 67.7 cm³/mol. The Hall–Kier alpha value is -1.05. The fraction of sp³-hybridized carbons (Fsp3) is 0.643. The molecular weight excluding hydrogens is 196 g/mol. The summed E-state index contributed by atoms with van der Waals surface area (Å²) in [6.07, 6.45) is 14.6. The molecule has 0 radical (unpaired) electrons. The molecule has 2 nitrogen and oxygen atoms in total. The van der Waals surface area contributed by atoms with Gasteiger partial charge < -0.3 is 4.90 Å². The number of fused-ring (bicyclic) bond motifs is 1. The van der Waals surface area contributed by atoms with Crippen molar-refractivity contribution < 1.29 is 0 Å². The van der Waals surface area contributed by atoms with E-state index in [0.717, 1.165) is 0 Å². The van der Waals surface area contributed by atoms with Crippen LogP contribution in [0.25, 0.3) is 0 Å². The molecule has 0 aromatic heterocycles. The summed E-state index contributed by atoms with van der Waals surface area (Å²) in [5.74, 6) is 1.28. The van der Waals surface area contributed by atoms with Gasteiger partial charge in [0.05, 0.1) is 12.1 Å². The average Bonchev–Trinajstić information content (AvgIpc) is 2.69. The summed E-state index contributed by atoms with van der Waals surface area (Å²) in [4.78, 5) is 7.32. The second-order valence-electron chi connectivity index (χ2n) is 5.10. The van der Waals surface area contributed by atoms with Crippen LogP contribution < -0.4 is 0 Å². The molecule has 2 unspecified atom stereocenters. The predicted octanol–water partition coefficient (Wildman–Crippen LogP) is 2.92. The van der Waals surface area contributed by atoms with Crippen molar-refractivity contribution in [2.24, 2.45) is 4.99 Å². The minimum absolute atomic E-state index is 0.427. The summed E-state index contributed by atoms with van der Waals surface area (Å²) >= 11 is 0. The number of aliphatic imine (C=N–C) groups is 1. The molecule has 86 valence electrons. The van der Waals surface area contributed by atoms with Crippen LogP contribution in [0.4, 0.5) is 0 Å². The molecule has 0 spiro atoms. The van der Waals surface area contributed by atoms with Crippen molar-refractivity contribution in [1.29, 1.82) is 0 Å². The quantitative estimate of drug-likeness (QED) is 0.615. The first kappa shape index (κ1) is 10.1. The zero-order valence-corrected chi connectivity index (χ0v) is 10.0. The molecule has 0 saturated heterocycles. The molecule has 3 rings (SSSR count). The van der Waals surface area contributed by atoms with E-state index in [-0.39, 0.29) is 0 Å². The molecule has 0 N–H and O–H groups in total. The van der Waals surface area contributed by atoms with Crippen LogP contribution in [0.5, 0.6) is 0 Å². The van der Waals surface area contributed by atoms with Crippen molar-refractivity contribution >= 4 is 5.84 Å². The van der Waals surface area contributed by atoms with Crippen LogP contribution in [-0.4, -0.2) is 29.9 Å². The Morgan fingerprint density at radius 1 is 1.31 bits per heavy atom. The van der Waals surface area contributed by atoms with E-state index in [1.165, 1.54) is 49.9 Å². The molecule has 0 bridgehead atoms. The topological polar surface area (TPSA) is 15.6 Å². The number of allylic oxidation sites excluding steroid dienone is 2. The van der Waals surface area contributed by atoms with Crippen LogP contribution in [-0.2, 0) is 0 Å². The van der Waals surface area contributed by atoms with E-state index < -0.39 is 0 Å². The van der Waals surface area contributed by atoms with Gasteiger partial charge in [0.15, 0.2) is 0 Å². The number of likely N-dealkylation sites (N-methyl/N-ethyl adjacent to an activating group) is 1. The van der Waals surface area contributed by atoms with Crippen LogP contribution in [0, 0.1) is 0 Å². The smallest absolute Gasteiger partial charge is 0.127 e. The first-order chi connectivity index (χ1) is 7.86. The fourth-order valence-corrected chi connectivity index (χ4v) is 3.09. The lowest BCUT2D eigenvalue weighted by molar-refractivity contribution is 0.346. The molecular formula is C14H20N2. The first-order valence-electron chi connectivity index (χ1n) is 6.53. The van der Waals surface area contributed by atoms with Gasteiger partial charge in [0, 0.05) is 7.05 Å². The summed E-state index contributed by atoms with van der Waals surface area (Å²) in [6.45, 7) is 0. The van der Waals surface area contributed by atoms with E-state index >= 15 is 0 Å². The third-order valence-corrected chi connectivity index (χ3v) is 4.04. The van der Waals surface area contributed by atoms with Crippen molar-refractivity contribution in [3.8, 4) is 0 Å². The molecule has 1 aliphatic heterocycles. The van der Waals surface area contributed by atoms with Gasteiger partial charge >= 0.3 is 0 Å². The van der Waals surface area contributed by atoms with Crippen molar-refractivity contribution in [3.05, 3.63) is 23.8 Å². The molecule has 3 aliphatic rings. The number of amidine groups is 1. The first-order valence-corrected chi connectivity index (χ1v) is 6.53. The Morgan fingerprint density at radius 3 is 3.00 bits per heavy atom. The molecule has 0 aromatic carbocycles. The van der Waals surface area contributed by atoms with Gasteiger partial charge in [-0.1, -0.05) is 18.2 Å². The Kier molecular flexibility index (Phi) is 2.58. The minimum atomic E-state index is 0.427. The highest BCUT2D eigenvalue weighted by molar-refractivity contribution is 6.00. The second kappa shape index (κ2) is 4.08. The SMILES string of the molecule is CN1C(C2=CCCCC2)=NC2C=CCCC21. The molecule has 0 fully saturated rings. The number of hydrogen-bond donors (Lipinski definition) is 0. The van der Waals surface area contributed by atoms with Crippen LogP contribution in [0.1, 0.15) is 38.5 Å². The lowest BCUT2D eigenvalue weighted by atomic mass is 9.96. The van der Waals surface area contributed by atoms with Crippen LogP contribution >= 0.6 is 0 Å². The summed E-state index contributed by atoms with van der Waals surface area (Å²) in [7, 11) is 2.22. The summed E-state index contributed by atoms with van der Waals surface area (Å²) in [5.41, 5.74) is 1.50. The van der Waals surface area contributed by atoms with Crippen molar-refractivity contribution in [3.63, 3.8) is 0 Å². The van der Waals surface area contributed by atoms with Gasteiger partial charge in [0.25, 0.3) is 0 Å². The minimum Gasteiger partial charge on any atom is -0.354 e.